The van der Waals surface area contributed by atoms with Gasteiger partial charge in [-0.05, 0) is 25.2 Å². The first-order valence-electron chi connectivity index (χ1n) is 8.53. The molecule has 0 aliphatic carbocycles. The minimum absolute atomic E-state index is 0.0212. The molecule has 2 rings (SSSR count). The third kappa shape index (κ3) is 4.47. The Bertz CT molecular complexity index is 572. The summed E-state index contributed by atoms with van der Waals surface area (Å²) in [4.78, 5) is 28.5. The van der Waals surface area contributed by atoms with E-state index in [1.54, 1.807) is 12.0 Å². The molecule has 1 aliphatic rings. The van der Waals surface area contributed by atoms with Crippen LogP contribution in [0.2, 0.25) is 0 Å². The SMILES string of the molecule is CCN(CC)CCNC(=O)[C@@H]1CC(=O)N(c2cccc(OC)c2)C1. The number of carbonyl (C=O) groups is 2. The molecule has 0 saturated carbocycles. The number of anilines is 1. The standard InChI is InChI=1S/C18H27N3O3/c1-4-20(5-2)10-9-19-18(23)14-11-17(22)21(13-14)15-7-6-8-16(12-15)24-3/h6-8,12,14H,4-5,9-11,13H2,1-3H3,(H,19,23)/t14-/m1/s1. The zero-order valence-corrected chi connectivity index (χ0v) is 14.7. The summed E-state index contributed by atoms with van der Waals surface area (Å²) in [5, 5.41) is 2.95. The molecular weight excluding hydrogens is 306 g/mol. The quantitative estimate of drug-likeness (QED) is 0.783. The Hall–Kier alpha value is -2.08. The van der Waals surface area contributed by atoms with Crippen LogP contribution in [0.15, 0.2) is 24.3 Å². The minimum atomic E-state index is -0.291. The van der Waals surface area contributed by atoms with E-state index in [0.717, 1.165) is 25.3 Å². The monoisotopic (exact) mass is 333 g/mol. The first kappa shape index (κ1) is 18.3. The fourth-order valence-corrected chi connectivity index (χ4v) is 2.93. The van der Waals surface area contributed by atoms with Crippen LogP contribution in [0.25, 0.3) is 0 Å². The summed E-state index contributed by atoms with van der Waals surface area (Å²) in [5.41, 5.74) is 0.776. The minimum Gasteiger partial charge on any atom is -0.497 e. The average molecular weight is 333 g/mol. The van der Waals surface area contributed by atoms with Crippen molar-refractivity contribution in [2.24, 2.45) is 5.92 Å². The largest absolute Gasteiger partial charge is 0.497 e. The van der Waals surface area contributed by atoms with Crippen molar-refractivity contribution in [2.45, 2.75) is 20.3 Å². The van der Waals surface area contributed by atoms with Crippen molar-refractivity contribution in [2.75, 3.05) is 44.7 Å². The molecule has 1 aliphatic heterocycles. The molecule has 0 unspecified atom stereocenters. The number of benzene rings is 1. The predicted molar refractivity (Wildman–Crippen MR) is 94.3 cm³/mol. The lowest BCUT2D eigenvalue weighted by Gasteiger charge is -2.19. The van der Waals surface area contributed by atoms with Gasteiger partial charge in [-0.2, -0.15) is 0 Å². The van der Waals surface area contributed by atoms with Crippen LogP contribution in [-0.4, -0.2) is 56.5 Å². The van der Waals surface area contributed by atoms with Gasteiger partial charge in [0.25, 0.3) is 0 Å². The summed E-state index contributed by atoms with van der Waals surface area (Å²) in [6, 6.07) is 7.36. The molecule has 1 saturated heterocycles. The van der Waals surface area contributed by atoms with E-state index in [2.05, 4.69) is 24.1 Å². The highest BCUT2D eigenvalue weighted by molar-refractivity contribution is 6.00. The molecule has 24 heavy (non-hydrogen) atoms. The van der Waals surface area contributed by atoms with E-state index in [1.165, 1.54) is 0 Å². The molecule has 1 aromatic rings. The first-order valence-corrected chi connectivity index (χ1v) is 8.53. The molecule has 0 aromatic heterocycles. The number of likely N-dealkylation sites (N-methyl/N-ethyl adjacent to an activating group) is 1. The summed E-state index contributed by atoms with van der Waals surface area (Å²) in [6.07, 6.45) is 0.258. The third-order valence-electron chi connectivity index (χ3n) is 4.48. The van der Waals surface area contributed by atoms with Crippen molar-refractivity contribution in [3.63, 3.8) is 0 Å². The van der Waals surface area contributed by atoms with Crippen LogP contribution in [0.4, 0.5) is 5.69 Å². The molecular formula is C18H27N3O3. The van der Waals surface area contributed by atoms with Gasteiger partial charge in [-0.25, -0.2) is 0 Å². The normalized spacial score (nSPS) is 17.4. The highest BCUT2D eigenvalue weighted by Gasteiger charge is 2.35. The Balaban J connectivity index is 1.90. The van der Waals surface area contributed by atoms with Gasteiger partial charge < -0.3 is 19.9 Å². The van der Waals surface area contributed by atoms with Gasteiger partial charge in [-0.1, -0.05) is 19.9 Å². The van der Waals surface area contributed by atoms with Gasteiger partial charge in [0.1, 0.15) is 5.75 Å². The number of hydrogen-bond acceptors (Lipinski definition) is 4. The summed E-state index contributed by atoms with van der Waals surface area (Å²) in [5.74, 6) is 0.348. The number of hydrogen-bond donors (Lipinski definition) is 1. The molecule has 1 heterocycles. The van der Waals surface area contributed by atoms with Gasteiger partial charge in [-0.15, -0.1) is 0 Å². The lowest BCUT2D eigenvalue weighted by molar-refractivity contribution is -0.126. The number of ether oxygens (including phenoxy) is 1. The molecule has 132 valence electrons. The topological polar surface area (TPSA) is 61.9 Å². The van der Waals surface area contributed by atoms with Crippen molar-refractivity contribution >= 4 is 17.5 Å². The number of methoxy groups -OCH3 is 1. The van der Waals surface area contributed by atoms with Crippen molar-refractivity contribution in [1.29, 1.82) is 0 Å². The molecule has 2 amide bonds. The fraction of sp³-hybridized carbons (Fsp3) is 0.556. The van der Waals surface area contributed by atoms with Crippen molar-refractivity contribution in [3.8, 4) is 5.75 Å². The molecule has 1 atom stereocenters. The summed E-state index contributed by atoms with van der Waals surface area (Å²) in [7, 11) is 1.59. The predicted octanol–water partition coefficient (Wildman–Crippen LogP) is 1.51. The van der Waals surface area contributed by atoms with E-state index in [1.807, 2.05) is 24.3 Å². The molecule has 6 heteroatoms. The first-order chi connectivity index (χ1) is 11.6. The highest BCUT2D eigenvalue weighted by Crippen LogP contribution is 2.27. The van der Waals surface area contributed by atoms with E-state index in [9.17, 15) is 9.59 Å². The van der Waals surface area contributed by atoms with Gasteiger partial charge in [0, 0.05) is 37.8 Å². The van der Waals surface area contributed by atoms with Gasteiger partial charge in [-0.3, -0.25) is 9.59 Å². The van der Waals surface area contributed by atoms with E-state index in [0.29, 0.717) is 18.8 Å². The van der Waals surface area contributed by atoms with Crippen LogP contribution >= 0.6 is 0 Å². The lowest BCUT2D eigenvalue weighted by Crippen LogP contribution is -2.38. The Morgan fingerprint density at radius 3 is 2.79 bits per heavy atom. The fourth-order valence-electron chi connectivity index (χ4n) is 2.93. The average Bonchev–Trinajstić information content (AvgIpc) is 3.00. The Kier molecular flexibility index (Phi) is 6.61. The van der Waals surface area contributed by atoms with E-state index < -0.39 is 0 Å². The zero-order chi connectivity index (χ0) is 17.5. The van der Waals surface area contributed by atoms with Gasteiger partial charge in [0.05, 0.1) is 13.0 Å². The van der Waals surface area contributed by atoms with Crippen LogP contribution in [0, 0.1) is 5.92 Å². The Morgan fingerprint density at radius 1 is 1.38 bits per heavy atom. The number of rotatable bonds is 8. The molecule has 0 radical (unpaired) electrons. The maximum absolute atomic E-state index is 12.3. The van der Waals surface area contributed by atoms with Gasteiger partial charge in [0.2, 0.25) is 11.8 Å². The number of nitrogens with zero attached hydrogens (tertiary/aromatic N) is 2. The molecule has 0 bridgehead atoms. The Morgan fingerprint density at radius 2 is 2.12 bits per heavy atom. The van der Waals surface area contributed by atoms with E-state index >= 15 is 0 Å². The summed E-state index contributed by atoms with van der Waals surface area (Å²) >= 11 is 0. The third-order valence-corrected chi connectivity index (χ3v) is 4.48. The highest BCUT2D eigenvalue weighted by atomic mass is 16.5. The number of nitrogens with one attached hydrogen (secondary N) is 1. The smallest absolute Gasteiger partial charge is 0.227 e. The van der Waals surface area contributed by atoms with E-state index in [4.69, 9.17) is 4.74 Å². The van der Waals surface area contributed by atoms with Crippen LogP contribution in [0.3, 0.4) is 0 Å². The van der Waals surface area contributed by atoms with Crippen molar-refractivity contribution in [1.82, 2.24) is 10.2 Å². The molecule has 1 N–H and O–H groups in total. The number of carbonyl (C=O) groups excluding carboxylic acids is 2. The second-order valence-corrected chi connectivity index (χ2v) is 5.92. The van der Waals surface area contributed by atoms with Gasteiger partial charge >= 0.3 is 0 Å². The van der Waals surface area contributed by atoms with Gasteiger partial charge in [0.15, 0.2) is 0 Å². The summed E-state index contributed by atoms with van der Waals surface area (Å²) in [6.45, 7) is 8.02. The maximum Gasteiger partial charge on any atom is 0.227 e. The lowest BCUT2D eigenvalue weighted by atomic mass is 10.1. The molecule has 1 fully saturated rings. The van der Waals surface area contributed by atoms with Crippen LogP contribution in [0.1, 0.15) is 20.3 Å². The second kappa shape index (κ2) is 8.68. The molecule has 1 aromatic carbocycles. The second-order valence-electron chi connectivity index (χ2n) is 5.92. The Labute approximate surface area is 143 Å². The number of amides is 2. The van der Waals surface area contributed by atoms with Crippen molar-refractivity contribution < 1.29 is 14.3 Å². The zero-order valence-electron chi connectivity index (χ0n) is 14.7. The molecule has 6 nitrogen and oxygen atoms in total. The summed E-state index contributed by atoms with van der Waals surface area (Å²) < 4.78 is 5.20. The van der Waals surface area contributed by atoms with Crippen LogP contribution < -0.4 is 15.0 Å². The van der Waals surface area contributed by atoms with E-state index in [-0.39, 0.29) is 24.2 Å². The molecule has 0 spiro atoms. The van der Waals surface area contributed by atoms with Crippen molar-refractivity contribution in [3.05, 3.63) is 24.3 Å². The maximum atomic E-state index is 12.3. The van der Waals surface area contributed by atoms with Crippen LogP contribution in [-0.2, 0) is 9.59 Å². The van der Waals surface area contributed by atoms with Crippen LogP contribution in [0.5, 0.6) is 5.75 Å².